The highest BCUT2D eigenvalue weighted by atomic mass is 19.1. The summed E-state index contributed by atoms with van der Waals surface area (Å²) < 4.78 is 27.2. The van der Waals surface area contributed by atoms with Gasteiger partial charge in [0.1, 0.15) is 11.5 Å². The molecule has 2 N–H and O–H groups in total. The average molecular weight is 556 g/mol. The fourth-order valence-electron chi connectivity index (χ4n) is 4.69. The number of carbonyl (C=O) groups is 2. The number of likely N-dealkylation sites (N-methyl/N-ethyl adjacent to an activating group) is 1. The highest BCUT2D eigenvalue weighted by Crippen LogP contribution is 2.21. The Balaban J connectivity index is 1.64. The number of nitrogens with zero attached hydrogens (tertiary/aromatic N) is 3. The van der Waals surface area contributed by atoms with Gasteiger partial charge in [-0.3, -0.25) is 14.5 Å². The number of morpholine rings is 1. The first-order valence-electron chi connectivity index (χ1n) is 13.9. The van der Waals surface area contributed by atoms with Crippen LogP contribution in [-0.2, 0) is 25.6 Å². The molecule has 2 aromatic rings. The van der Waals surface area contributed by atoms with Gasteiger partial charge in [0.15, 0.2) is 6.29 Å². The van der Waals surface area contributed by atoms with Gasteiger partial charge in [0, 0.05) is 45.5 Å². The predicted molar refractivity (Wildman–Crippen MR) is 154 cm³/mol. The number of imidazole rings is 1. The molecule has 1 atom stereocenters. The van der Waals surface area contributed by atoms with Crippen molar-refractivity contribution in [3.63, 3.8) is 0 Å². The Bertz CT molecular complexity index is 1180. The molecule has 1 amide bonds. The predicted octanol–water partition coefficient (Wildman–Crippen LogP) is 3.58. The van der Waals surface area contributed by atoms with Gasteiger partial charge < -0.3 is 24.7 Å². The van der Waals surface area contributed by atoms with Crippen molar-refractivity contribution in [2.45, 2.75) is 52.2 Å². The SMILES string of the molecule is CCCOCC1CN(CCCn2cnc(/C=C(/C=O)NC(=O)/C(=C/c3cccc(F)c3)NC)c2C(C)C)CCO1. The molecule has 1 aromatic heterocycles. The summed E-state index contributed by atoms with van der Waals surface area (Å²) in [5.74, 6) is -0.762. The average Bonchev–Trinajstić information content (AvgIpc) is 3.34. The van der Waals surface area contributed by atoms with E-state index in [2.05, 4.69) is 45.9 Å². The number of hydrogen-bond donors (Lipinski definition) is 2. The van der Waals surface area contributed by atoms with Gasteiger partial charge in [-0.1, -0.05) is 32.9 Å². The van der Waals surface area contributed by atoms with Gasteiger partial charge in [-0.25, -0.2) is 9.37 Å². The van der Waals surface area contributed by atoms with Gasteiger partial charge >= 0.3 is 0 Å². The van der Waals surface area contributed by atoms with Crippen LogP contribution in [-0.4, -0.2) is 79.3 Å². The second-order valence-corrected chi connectivity index (χ2v) is 10.1. The van der Waals surface area contributed by atoms with Crippen LogP contribution >= 0.6 is 0 Å². The lowest BCUT2D eigenvalue weighted by Crippen LogP contribution is -2.44. The molecule has 1 aliphatic rings. The molecule has 0 spiro atoms. The van der Waals surface area contributed by atoms with Gasteiger partial charge in [0.25, 0.3) is 5.91 Å². The van der Waals surface area contributed by atoms with Crippen LogP contribution in [0, 0.1) is 5.82 Å². The Labute approximate surface area is 236 Å². The summed E-state index contributed by atoms with van der Waals surface area (Å²) in [6.07, 6.45) is 7.54. The summed E-state index contributed by atoms with van der Waals surface area (Å²) in [7, 11) is 1.59. The van der Waals surface area contributed by atoms with E-state index in [1.165, 1.54) is 18.2 Å². The number of aryl methyl sites for hydroxylation is 1. The molecular weight excluding hydrogens is 513 g/mol. The van der Waals surface area contributed by atoms with Crippen LogP contribution in [0.1, 0.15) is 56.5 Å². The van der Waals surface area contributed by atoms with Crippen LogP contribution in [0.25, 0.3) is 12.2 Å². The van der Waals surface area contributed by atoms with Crippen molar-refractivity contribution >= 4 is 24.3 Å². The minimum Gasteiger partial charge on any atom is -0.384 e. The fraction of sp³-hybridized carbons (Fsp3) is 0.500. The molecule has 3 rings (SSSR count). The van der Waals surface area contributed by atoms with Crippen molar-refractivity contribution in [1.82, 2.24) is 25.1 Å². The second kappa shape index (κ2) is 16.1. The molecule has 1 aliphatic heterocycles. The number of ether oxygens (including phenoxy) is 2. The van der Waals surface area contributed by atoms with E-state index in [1.54, 1.807) is 31.6 Å². The molecule has 1 aromatic carbocycles. The molecule has 2 heterocycles. The minimum atomic E-state index is -0.514. The number of rotatable bonds is 15. The maximum atomic E-state index is 13.5. The van der Waals surface area contributed by atoms with Crippen molar-refractivity contribution in [3.8, 4) is 0 Å². The van der Waals surface area contributed by atoms with Gasteiger partial charge in [0.05, 0.1) is 37.0 Å². The van der Waals surface area contributed by atoms with Crippen molar-refractivity contribution in [2.24, 2.45) is 0 Å². The van der Waals surface area contributed by atoms with Crippen LogP contribution in [0.2, 0.25) is 0 Å². The van der Waals surface area contributed by atoms with Crippen molar-refractivity contribution in [3.05, 3.63) is 64.8 Å². The van der Waals surface area contributed by atoms with Crippen LogP contribution < -0.4 is 10.6 Å². The lowest BCUT2D eigenvalue weighted by molar-refractivity contribution is -0.118. The number of aldehydes is 1. The van der Waals surface area contributed by atoms with Gasteiger partial charge in [-0.2, -0.15) is 0 Å². The van der Waals surface area contributed by atoms with Crippen LogP contribution in [0.5, 0.6) is 0 Å². The minimum absolute atomic E-state index is 0.0854. The lowest BCUT2D eigenvalue weighted by Gasteiger charge is -2.32. The van der Waals surface area contributed by atoms with Gasteiger partial charge in [-0.05, 0) is 48.6 Å². The number of aromatic nitrogens is 2. The van der Waals surface area contributed by atoms with Crippen molar-refractivity contribution < 1.29 is 23.5 Å². The molecule has 10 heteroatoms. The summed E-state index contributed by atoms with van der Waals surface area (Å²) in [6.45, 7) is 11.8. The first kappa shape index (κ1) is 31.2. The zero-order valence-corrected chi connectivity index (χ0v) is 24.0. The van der Waals surface area contributed by atoms with Crippen LogP contribution in [0.3, 0.4) is 0 Å². The summed E-state index contributed by atoms with van der Waals surface area (Å²) in [4.78, 5) is 31.7. The Morgan fingerprint density at radius 3 is 2.83 bits per heavy atom. The number of carbonyl (C=O) groups excluding carboxylic acids is 2. The molecule has 0 radical (unpaired) electrons. The summed E-state index contributed by atoms with van der Waals surface area (Å²) >= 11 is 0. The third-order valence-corrected chi connectivity index (χ3v) is 6.55. The number of amides is 1. The zero-order chi connectivity index (χ0) is 28.9. The number of halogens is 1. The zero-order valence-electron chi connectivity index (χ0n) is 24.0. The third kappa shape index (κ3) is 9.39. The Morgan fingerprint density at radius 1 is 1.30 bits per heavy atom. The highest BCUT2D eigenvalue weighted by Gasteiger charge is 2.21. The van der Waals surface area contributed by atoms with Crippen LogP contribution in [0.15, 0.2) is 42.0 Å². The van der Waals surface area contributed by atoms with Gasteiger partial charge in [-0.15, -0.1) is 0 Å². The summed E-state index contributed by atoms with van der Waals surface area (Å²) in [5, 5.41) is 5.44. The molecule has 0 bridgehead atoms. The lowest BCUT2D eigenvalue weighted by atomic mass is 10.1. The normalized spacial score (nSPS) is 16.8. The molecule has 218 valence electrons. The Hall–Kier alpha value is -3.34. The first-order valence-corrected chi connectivity index (χ1v) is 13.9. The maximum absolute atomic E-state index is 13.5. The molecule has 1 saturated heterocycles. The first-order chi connectivity index (χ1) is 19.3. The van der Waals surface area contributed by atoms with Crippen LogP contribution in [0.4, 0.5) is 4.39 Å². The maximum Gasteiger partial charge on any atom is 0.271 e. The van der Waals surface area contributed by atoms with E-state index in [4.69, 9.17) is 9.47 Å². The third-order valence-electron chi connectivity index (χ3n) is 6.55. The van der Waals surface area contributed by atoms with E-state index in [0.717, 1.165) is 51.3 Å². The van der Waals surface area contributed by atoms with E-state index < -0.39 is 11.7 Å². The number of nitrogens with one attached hydrogen (secondary N) is 2. The molecular formula is C30H42FN5O4. The Morgan fingerprint density at radius 2 is 2.12 bits per heavy atom. The molecule has 9 nitrogen and oxygen atoms in total. The second-order valence-electron chi connectivity index (χ2n) is 10.1. The number of benzene rings is 1. The fourth-order valence-corrected chi connectivity index (χ4v) is 4.69. The van der Waals surface area contributed by atoms with E-state index in [-0.39, 0.29) is 23.4 Å². The van der Waals surface area contributed by atoms with E-state index >= 15 is 0 Å². The number of allylic oxidation sites excluding steroid dienone is 1. The quantitative estimate of drug-likeness (QED) is 0.197. The highest BCUT2D eigenvalue weighted by molar-refractivity contribution is 6.01. The summed E-state index contributed by atoms with van der Waals surface area (Å²) in [6, 6.07) is 5.90. The molecule has 1 unspecified atom stereocenters. The van der Waals surface area contributed by atoms with Crippen molar-refractivity contribution in [2.75, 3.05) is 46.5 Å². The van der Waals surface area contributed by atoms with E-state index in [1.807, 2.05) is 0 Å². The largest absolute Gasteiger partial charge is 0.384 e. The molecule has 1 fully saturated rings. The Kier molecular flexibility index (Phi) is 12.5. The van der Waals surface area contributed by atoms with E-state index in [9.17, 15) is 14.0 Å². The van der Waals surface area contributed by atoms with E-state index in [0.29, 0.717) is 30.8 Å². The number of hydrogen-bond acceptors (Lipinski definition) is 7. The molecule has 0 saturated carbocycles. The van der Waals surface area contributed by atoms with Crippen molar-refractivity contribution in [1.29, 1.82) is 0 Å². The smallest absolute Gasteiger partial charge is 0.271 e. The summed E-state index contributed by atoms with van der Waals surface area (Å²) in [5.41, 5.74) is 2.43. The monoisotopic (exact) mass is 555 g/mol. The molecule has 40 heavy (non-hydrogen) atoms. The topological polar surface area (TPSA) is 97.7 Å². The standard InChI is InChI=1S/C30H42FN5O4/c1-5-13-39-20-26-18-35(12-14-40-26)10-7-11-36-21-33-27(29(36)22(2)3)17-25(19-37)34-30(38)28(32-4)16-23-8-6-9-24(31)15-23/h6,8-9,15-17,19,21-22,26,32H,5,7,10-14,18,20H2,1-4H3,(H,34,38)/b25-17-,28-16-. The van der Waals surface area contributed by atoms with Gasteiger partial charge in [0.2, 0.25) is 0 Å². The molecule has 0 aliphatic carbocycles.